The minimum atomic E-state index is -0.381. The van der Waals surface area contributed by atoms with E-state index in [-0.39, 0.29) is 17.7 Å². The predicted octanol–water partition coefficient (Wildman–Crippen LogP) is 2.57. The average Bonchev–Trinajstić information content (AvgIpc) is 2.97. The van der Waals surface area contributed by atoms with Crippen molar-refractivity contribution >= 4 is 11.6 Å². The highest BCUT2D eigenvalue weighted by Gasteiger charge is 2.15. The van der Waals surface area contributed by atoms with E-state index in [2.05, 4.69) is 5.32 Å². The van der Waals surface area contributed by atoms with Crippen LogP contribution < -0.4 is 20.5 Å². The number of hydrogen-bond donors (Lipinski definition) is 2. The van der Waals surface area contributed by atoms with Gasteiger partial charge in [-0.3, -0.25) is 4.79 Å². The summed E-state index contributed by atoms with van der Waals surface area (Å²) in [7, 11) is 3.08. The Bertz CT molecular complexity index is 634. The normalized spacial score (nSPS) is 11.8. The van der Waals surface area contributed by atoms with E-state index >= 15 is 0 Å². The van der Waals surface area contributed by atoms with Crippen molar-refractivity contribution < 1.29 is 18.7 Å². The zero-order valence-corrected chi connectivity index (χ0v) is 12.2. The minimum absolute atomic E-state index is 0.187. The molecule has 0 bridgehead atoms. The Kier molecular flexibility index (Phi) is 4.49. The molecule has 6 heteroatoms. The quantitative estimate of drug-likeness (QED) is 0.883. The number of methoxy groups -OCH3 is 2. The van der Waals surface area contributed by atoms with E-state index in [0.29, 0.717) is 22.9 Å². The van der Waals surface area contributed by atoms with Gasteiger partial charge in [-0.2, -0.15) is 0 Å². The van der Waals surface area contributed by atoms with Crippen LogP contribution in [0.1, 0.15) is 29.3 Å². The summed E-state index contributed by atoms with van der Waals surface area (Å²) in [5.74, 6) is 1.50. The SMILES string of the molecule is COc1ccc(OC)c(NC(=O)c2ccc(C(C)N)o2)c1. The topological polar surface area (TPSA) is 86.7 Å². The summed E-state index contributed by atoms with van der Waals surface area (Å²) in [4.78, 5) is 12.2. The molecule has 21 heavy (non-hydrogen) atoms. The Morgan fingerprint density at radius 3 is 2.57 bits per heavy atom. The van der Waals surface area contributed by atoms with Crippen LogP contribution in [-0.2, 0) is 0 Å². The molecule has 0 spiro atoms. The first-order valence-electron chi connectivity index (χ1n) is 6.44. The number of benzene rings is 1. The van der Waals surface area contributed by atoms with Gasteiger partial charge in [-0.25, -0.2) is 0 Å². The molecule has 1 amide bonds. The van der Waals surface area contributed by atoms with Crippen molar-refractivity contribution in [3.8, 4) is 11.5 Å². The summed E-state index contributed by atoms with van der Waals surface area (Å²) < 4.78 is 15.7. The van der Waals surface area contributed by atoms with E-state index in [9.17, 15) is 4.79 Å². The highest BCUT2D eigenvalue weighted by Crippen LogP contribution is 2.29. The first kappa shape index (κ1) is 14.9. The number of amides is 1. The van der Waals surface area contributed by atoms with Gasteiger partial charge < -0.3 is 24.9 Å². The van der Waals surface area contributed by atoms with E-state index in [1.807, 2.05) is 0 Å². The molecule has 3 N–H and O–H groups in total. The van der Waals surface area contributed by atoms with Crippen LogP contribution in [0.25, 0.3) is 0 Å². The molecule has 0 aliphatic heterocycles. The van der Waals surface area contributed by atoms with Gasteiger partial charge in [-0.05, 0) is 31.2 Å². The van der Waals surface area contributed by atoms with Crippen molar-refractivity contribution in [2.75, 3.05) is 19.5 Å². The maximum atomic E-state index is 12.2. The molecule has 1 aromatic carbocycles. The summed E-state index contributed by atoms with van der Waals surface area (Å²) in [6.45, 7) is 1.78. The third-order valence-corrected chi connectivity index (χ3v) is 2.95. The molecule has 0 saturated carbocycles. The van der Waals surface area contributed by atoms with Gasteiger partial charge in [0.15, 0.2) is 5.76 Å². The fourth-order valence-electron chi connectivity index (χ4n) is 1.82. The second kappa shape index (κ2) is 6.32. The van der Waals surface area contributed by atoms with Gasteiger partial charge >= 0.3 is 0 Å². The number of carbonyl (C=O) groups is 1. The predicted molar refractivity (Wildman–Crippen MR) is 78.8 cm³/mol. The standard InChI is InChI=1S/C15H18N2O4/c1-9(16)12-6-7-14(21-12)15(18)17-11-8-10(19-2)4-5-13(11)20-3/h4-9H,16H2,1-3H3,(H,17,18). The molecule has 1 heterocycles. The van der Waals surface area contributed by atoms with Crippen LogP contribution in [-0.4, -0.2) is 20.1 Å². The van der Waals surface area contributed by atoms with E-state index in [0.717, 1.165) is 0 Å². The lowest BCUT2D eigenvalue weighted by molar-refractivity contribution is 0.0994. The lowest BCUT2D eigenvalue weighted by Crippen LogP contribution is -2.12. The van der Waals surface area contributed by atoms with Crippen molar-refractivity contribution in [1.29, 1.82) is 0 Å². The number of hydrogen-bond acceptors (Lipinski definition) is 5. The van der Waals surface area contributed by atoms with Crippen molar-refractivity contribution in [2.45, 2.75) is 13.0 Å². The average molecular weight is 290 g/mol. The van der Waals surface area contributed by atoms with Crippen LogP contribution in [0.4, 0.5) is 5.69 Å². The molecule has 0 radical (unpaired) electrons. The van der Waals surface area contributed by atoms with Crippen molar-refractivity contribution in [3.05, 3.63) is 41.9 Å². The monoisotopic (exact) mass is 290 g/mol. The number of nitrogens with two attached hydrogens (primary N) is 1. The molecule has 2 aromatic rings. The van der Waals surface area contributed by atoms with Crippen molar-refractivity contribution in [3.63, 3.8) is 0 Å². The number of carbonyl (C=O) groups excluding carboxylic acids is 1. The summed E-state index contributed by atoms with van der Waals surface area (Å²) >= 11 is 0. The Hall–Kier alpha value is -2.47. The van der Waals surface area contributed by atoms with E-state index < -0.39 is 0 Å². The van der Waals surface area contributed by atoms with Crippen LogP contribution in [0, 0.1) is 0 Å². The van der Waals surface area contributed by atoms with E-state index in [4.69, 9.17) is 19.6 Å². The molecule has 6 nitrogen and oxygen atoms in total. The summed E-state index contributed by atoms with van der Waals surface area (Å²) in [6, 6.07) is 8.13. The summed E-state index contributed by atoms with van der Waals surface area (Å²) in [6.07, 6.45) is 0. The van der Waals surface area contributed by atoms with Crippen LogP contribution in [0.2, 0.25) is 0 Å². The fourth-order valence-corrected chi connectivity index (χ4v) is 1.82. The molecule has 1 unspecified atom stereocenters. The van der Waals surface area contributed by atoms with Crippen LogP contribution >= 0.6 is 0 Å². The molecular formula is C15H18N2O4. The smallest absolute Gasteiger partial charge is 0.291 e. The second-order valence-corrected chi connectivity index (χ2v) is 4.51. The lowest BCUT2D eigenvalue weighted by Gasteiger charge is -2.11. The Morgan fingerprint density at radius 2 is 2.00 bits per heavy atom. The van der Waals surface area contributed by atoms with E-state index in [1.54, 1.807) is 44.4 Å². The Morgan fingerprint density at radius 1 is 1.24 bits per heavy atom. The van der Waals surface area contributed by atoms with Gasteiger partial charge in [0, 0.05) is 6.07 Å². The second-order valence-electron chi connectivity index (χ2n) is 4.51. The molecular weight excluding hydrogens is 272 g/mol. The van der Waals surface area contributed by atoms with E-state index in [1.165, 1.54) is 7.11 Å². The fraction of sp³-hybridized carbons (Fsp3) is 0.267. The maximum Gasteiger partial charge on any atom is 0.291 e. The zero-order valence-electron chi connectivity index (χ0n) is 12.2. The number of ether oxygens (including phenoxy) is 2. The van der Waals surface area contributed by atoms with Crippen LogP contribution in [0.3, 0.4) is 0 Å². The first-order valence-corrected chi connectivity index (χ1v) is 6.44. The van der Waals surface area contributed by atoms with Gasteiger partial charge in [-0.1, -0.05) is 0 Å². The molecule has 0 aliphatic rings. The molecule has 2 rings (SSSR count). The largest absolute Gasteiger partial charge is 0.497 e. The van der Waals surface area contributed by atoms with Gasteiger partial charge in [0.25, 0.3) is 5.91 Å². The summed E-state index contributed by atoms with van der Waals surface area (Å²) in [5.41, 5.74) is 6.20. The van der Waals surface area contributed by atoms with Gasteiger partial charge in [-0.15, -0.1) is 0 Å². The van der Waals surface area contributed by atoms with Crippen molar-refractivity contribution in [1.82, 2.24) is 0 Å². The molecule has 1 aromatic heterocycles. The molecule has 0 fully saturated rings. The number of furan rings is 1. The summed E-state index contributed by atoms with van der Waals surface area (Å²) in [5, 5.41) is 2.73. The zero-order chi connectivity index (χ0) is 15.4. The number of anilines is 1. The van der Waals surface area contributed by atoms with Crippen LogP contribution in [0.5, 0.6) is 11.5 Å². The third-order valence-electron chi connectivity index (χ3n) is 2.95. The number of nitrogens with one attached hydrogen (secondary N) is 1. The highest BCUT2D eigenvalue weighted by molar-refractivity contribution is 6.03. The molecule has 0 saturated heterocycles. The maximum absolute atomic E-state index is 12.2. The van der Waals surface area contributed by atoms with Crippen LogP contribution in [0.15, 0.2) is 34.7 Å². The molecule has 0 aliphatic carbocycles. The Labute approximate surface area is 122 Å². The molecule has 112 valence electrons. The van der Waals surface area contributed by atoms with Gasteiger partial charge in [0.1, 0.15) is 17.3 Å². The van der Waals surface area contributed by atoms with Crippen molar-refractivity contribution in [2.24, 2.45) is 5.73 Å². The first-order chi connectivity index (χ1) is 10.0. The third kappa shape index (κ3) is 3.35. The van der Waals surface area contributed by atoms with Gasteiger partial charge in [0.2, 0.25) is 0 Å². The molecule has 1 atom stereocenters. The minimum Gasteiger partial charge on any atom is -0.497 e. The Balaban J connectivity index is 2.21. The van der Waals surface area contributed by atoms with Gasteiger partial charge in [0.05, 0.1) is 25.9 Å². The lowest BCUT2D eigenvalue weighted by atomic mass is 10.2. The highest BCUT2D eigenvalue weighted by atomic mass is 16.5. The number of rotatable bonds is 5.